The largest absolute Gasteiger partial charge is 0.497 e. The second-order valence-electron chi connectivity index (χ2n) is 5.90. The van der Waals surface area contributed by atoms with Crippen molar-refractivity contribution in [3.05, 3.63) is 35.3 Å². The highest BCUT2D eigenvalue weighted by Crippen LogP contribution is 2.26. The van der Waals surface area contributed by atoms with Gasteiger partial charge in [0, 0.05) is 24.0 Å². The van der Waals surface area contributed by atoms with Crippen molar-refractivity contribution in [1.29, 1.82) is 0 Å². The molecular weight excluding hydrogens is 312 g/mol. The molecule has 2 aromatic rings. The van der Waals surface area contributed by atoms with E-state index in [1.165, 1.54) is 11.3 Å². The summed E-state index contributed by atoms with van der Waals surface area (Å²) in [7, 11) is 1.62. The van der Waals surface area contributed by atoms with E-state index in [9.17, 15) is 9.90 Å². The summed E-state index contributed by atoms with van der Waals surface area (Å²) >= 11 is 1.43. The van der Waals surface area contributed by atoms with E-state index in [1.807, 2.05) is 31.2 Å². The van der Waals surface area contributed by atoms with Gasteiger partial charge in [-0.05, 0) is 45.0 Å². The van der Waals surface area contributed by atoms with Gasteiger partial charge >= 0.3 is 0 Å². The van der Waals surface area contributed by atoms with Crippen LogP contribution in [0.15, 0.2) is 29.6 Å². The molecule has 1 heterocycles. The van der Waals surface area contributed by atoms with Gasteiger partial charge in [0.15, 0.2) is 0 Å². The molecule has 0 spiro atoms. The predicted molar refractivity (Wildman–Crippen MR) is 92.0 cm³/mol. The van der Waals surface area contributed by atoms with E-state index in [-0.39, 0.29) is 12.5 Å². The molecular formula is C17H22N2O3S. The van der Waals surface area contributed by atoms with Crippen LogP contribution >= 0.6 is 11.3 Å². The van der Waals surface area contributed by atoms with Crippen molar-refractivity contribution >= 4 is 17.2 Å². The zero-order chi connectivity index (χ0) is 17.0. The summed E-state index contributed by atoms with van der Waals surface area (Å²) in [6, 6.07) is 7.57. The van der Waals surface area contributed by atoms with Gasteiger partial charge in [0.2, 0.25) is 0 Å². The van der Waals surface area contributed by atoms with Gasteiger partial charge < -0.3 is 14.7 Å². The van der Waals surface area contributed by atoms with E-state index in [4.69, 9.17) is 4.74 Å². The first-order valence-electron chi connectivity index (χ1n) is 7.45. The summed E-state index contributed by atoms with van der Waals surface area (Å²) in [5.41, 5.74) is 0.424. The number of aromatic nitrogens is 1. The number of hydrogen-bond donors (Lipinski definition) is 1. The van der Waals surface area contributed by atoms with E-state index in [2.05, 4.69) is 4.98 Å². The monoisotopic (exact) mass is 334 g/mol. The fraction of sp³-hybridized carbons (Fsp3) is 0.412. The standard InChI is InChI=1S/C17H22N2O3S/c1-5-19(11-17(2,3)21)16(20)14-10-23-15(18-14)12-6-8-13(22-4)9-7-12/h6-10,21H,5,11H2,1-4H3. The number of carbonyl (C=O) groups excluding carboxylic acids is 1. The minimum Gasteiger partial charge on any atom is -0.497 e. The molecule has 0 radical (unpaired) electrons. The number of hydrogen-bond acceptors (Lipinski definition) is 5. The van der Waals surface area contributed by atoms with Gasteiger partial charge in [-0.3, -0.25) is 4.79 Å². The van der Waals surface area contributed by atoms with Crippen LogP contribution in [-0.2, 0) is 0 Å². The quantitative estimate of drug-likeness (QED) is 0.882. The molecule has 5 nitrogen and oxygen atoms in total. The van der Waals surface area contributed by atoms with Crippen LogP contribution in [0.3, 0.4) is 0 Å². The average Bonchev–Trinajstić information content (AvgIpc) is 3.01. The molecule has 0 aliphatic carbocycles. The highest BCUT2D eigenvalue weighted by atomic mass is 32.1. The van der Waals surface area contributed by atoms with Crippen LogP contribution in [0.1, 0.15) is 31.3 Å². The maximum absolute atomic E-state index is 12.5. The topological polar surface area (TPSA) is 62.7 Å². The van der Waals surface area contributed by atoms with Crippen molar-refractivity contribution < 1.29 is 14.6 Å². The summed E-state index contributed by atoms with van der Waals surface area (Å²) in [5, 5.41) is 12.5. The van der Waals surface area contributed by atoms with Gasteiger partial charge in [-0.15, -0.1) is 11.3 Å². The number of thiazole rings is 1. The second-order valence-corrected chi connectivity index (χ2v) is 6.76. The third kappa shape index (κ3) is 4.53. The number of ether oxygens (including phenoxy) is 1. The summed E-state index contributed by atoms with van der Waals surface area (Å²) in [6.45, 7) is 6.07. The SMILES string of the molecule is CCN(CC(C)(C)O)C(=O)c1csc(-c2ccc(OC)cc2)n1. The predicted octanol–water partition coefficient (Wildman–Crippen LogP) is 3.05. The molecule has 1 amide bonds. The van der Waals surface area contributed by atoms with Gasteiger partial charge in [0.25, 0.3) is 5.91 Å². The van der Waals surface area contributed by atoms with Crippen molar-refractivity contribution in [2.45, 2.75) is 26.4 Å². The maximum Gasteiger partial charge on any atom is 0.273 e. The minimum absolute atomic E-state index is 0.161. The minimum atomic E-state index is -0.930. The molecule has 0 saturated carbocycles. The smallest absolute Gasteiger partial charge is 0.273 e. The Morgan fingerprint density at radius 2 is 2.00 bits per heavy atom. The number of rotatable bonds is 6. The second kappa shape index (κ2) is 7.10. The molecule has 0 fully saturated rings. The van der Waals surface area contributed by atoms with Crippen LogP contribution in [0.25, 0.3) is 10.6 Å². The Hall–Kier alpha value is -1.92. The van der Waals surface area contributed by atoms with Crippen molar-refractivity contribution in [3.63, 3.8) is 0 Å². The Morgan fingerprint density at radius 1 is 1.35 bits per heavy atom. The maximum atomic E-state index is 12.5. The number of benzene rings is 1. The summed E-state index contributed by atoms with van der Waals surface area (Å²) < 4.78 is 5.14. The van der Waals surface area contributed by atoms with Crippen LogP contribution in [0.4, 0.5) is 0 Å². The van der Waals surface area contributed by atoms with Crippen molar-refractivity contribution in [2.75, 3.05) is 20.2 Å². The van der Waals surface area contributed by atoms with Crippen LogP contribution in [-0.4, -0.2) is 46.7 Å². The average molecular weight is 334 g/mol. The molecule has 1 N–H and O–H groups in total. The molecule has 0 saturated heterocycles. The first-order valence-corrected chi connectivity index (χ1v) is 8.33. The normalized spacial score (nSPS) is 11.3. The number of carbonyl (C=O) groups is 1. The molecule has 0 aliphatic rings. The molecule has 0 atom stereocenters. The highest BCUT2D eigenvalue weighted by Gasteiger charge is 2.24. The lowest BCUT2D eigenvalue weighted by atomic mass is 10.1. The fourth-order valence-electron chi connectivity index (χ4n) is 2.19. The molecule has 0 unspecified atom stereocenters. The van der Waals surface area contributed by atoms with E-state index < -0.39 is 5.60 Å². The van der Waals surface area contributed by atoms with E-state index in [0.717, 1.165) is 16.3 Å². The molecule has 2 rings (SSSR count). The van der Waals surface area contributed by atoms with Crippen molar-refractivity contribution in [3.8, 4) is 16.3 Å². The zero-order valence-corrected chi connectivity index (χ0v) is 14.7. The lowest BCUT2D eigenvalue weighted by molar-refractivity contribution is 0.0312. The lowest BCUT2D eigenvalue weighted by Crippen LogP contribution is -2.42. The van der Waals surface area contributed by atoms with Crippen LogP contribution in [0.2, 0.25) is 0 Å². The summed E-state index contributed by atoms with van der Waals surface area (Å²) in [6.07, 6.45) is 0. The van der Waals surface area contributed by atoms with Gasteiger partial charge in [-0.2, -0.15) is 0 Å². The molecule has 1 aromatic heterocycles. The Bertz CT molecular complexity index is 659. The van der Waals surface area contributed by atoms with Crippen LogP contribution < -0.4 is 4.74 Å². The number of nitrogens with zero attached hydrogens (tertiary/aromatic N) is 2. The first kappa shape index (κ1) is 17.4. The third-order valence-electron chi connectivity index (χ3n) is 3.31. The number of amides is 1. The third-order valence-corrected chi connectivity index (χ3v) is 4.20. The van der Waals surface area contributed by atoms with Gasteiger partial charge in [-0.1, -0.05) is 0 Å². The van der Waals surface area contributed by atoms with Crippen LogP contribution in [0.5, 0.6) is 5.75 Å². The summed E-state index contributed by atoms with van der Waals surface area (Å²) in [5.74, 6) is 0.620. The van der Waals surface area contributed by atoms with Gasteiger partial charge in [0.1, 0.15) is 16.5 Å². The molecule has 1 aromatic carbocycles. The molecule has 0 bridgehead atoms. The molecule has 6 heteroatoms. The molecule has 124 valence electrons. The summed E-state index contributed by atoms with van der Waals surface area (Å²) in [4.78, 5) is 18.6. The zero-order valence-electron chi connectivity index (χ0n) is 13.9. The number of methoxy groups -OCH3 is 1. The van der Waals surface area contributed by atoms with Gasteiger partial charge in [0.05, 0.1) is 12.7 Å². The van der Waals surface area contributed by atoms with E-state index in [0.29, 0.717) is 12.2 Å². The number of likely N-dealkylation sites (N-methyl/N-ethyl adjacent to an activating group) is 1. The highest BCUT2D eigenvalue weighted by molar-refractivity contribution is 7.13. The Balaban J connectivity index is 2.18. The van der Waals surface area contributed by atoms with E-state index in [1.54, 1.807) is 31.2 Å². The Morgan fingerprint density at radius 3 is 2.52 bits per heavy atom. The van der Waals surface area contributed by atoms with Gasteiger partial charge in [-0.25, -0.2) is 4.98 Å². The first-order chi connectivity index (χ1) is 10.8. The molecule has 23 heavy (non-hydrogen) atoms. The van der Waals surface area contributed by atoms with E-state index >= 15 is 0 Å². The van der Waals surface area contributed by atoms with Crippen molar-refractivity contribution in [1.82, 2.24) is 9.88 Å². The Kier molecular flexibility index (Phi) is 5.38. The fourth-order valence-corrected chi connectivity index (χ4v) is 2.99. The number of aliphatic hydroxyl groups is 1. The molecule has 0 aliphatic heterocycles. The van der Waals surface area contributed by atoms with Crippen LogP contribution in [0, 0.1) is 0 Å². The van der Waals surface area contributed by atoms with Crippen molar-refractivity contribution in [2.24, 2.45) is 0 Å². The Labute approximate surface area is 140 Å². The lowest BCUT2D eigenvalue weighted by Gasteiger charge is -2.27.